The molecule has 1 fully saturated rings. The summed E-state index contributed by atoms with van der Waals surface area (Å²) in [5, 5.41) is 23.0. The fraction of sp³-hybridized carbons (Fsp3) is 0.737. The predicted octanol–water partition coefficient (Wildman–Crippen LogP) is -0.710. The van der Waals surface area contributed by atoms with Gasteiger partial charge in [0.05, 0.1) is 6.04 Å². The average molecular weight is 428 g/mol. The SMILES string of the molecule is CC(C)CC(NC(=O)C(C)N)C(=O)N1CCCC1C(=O)NC(CCC(=O)O)C(=O)O. The Bertz CT molecular complexity index is 665. The third-order valence-corrected chi connectivity index (χ3v) is 4.84. The van der Waals surface area contributed by atoms with E-state index in [9.17, 15) is 29.1 Å². The third-order valence-electron chi connectivity index (χ3n) is 4.84. The van der Waals surface area contributed by atoms with Crippen molar-refractivity contribution in [2.45, 2.75) is 77.0 Å². The first-order valence-electron chi connectivity index (χ1n) is 10.0. The molecule has 30 heavy (non-hydrogen) atoms. The van der Waals surface area contributed by atoms with Crippen LogP contribution in [0.4, 0.5) is 0 Å². The van der Waals surface area contributed by atoms with E-state index in [1.54, 1.807) is 0 Å². The van der Waals surface area contributed by atoms with Gasteiger partial charge >= 0.3 is 11.9 Å². The molecule has 0 aromatic heterocycles. The van der Waals surface area contributed by atoms with Gasteiger partial charge in [0, 0.05) is 13.0 Å². The number of likely N-dealkylation sites (tertiary alicyclic amines) is 1. The van der Waals surface area contributed by atoms with Crippen LogP contribution in [0.1, 0.15) is 52.9 Å². The number of carbonyl (C=O) groups is 5. The second-order valence-electron chi connectivity index (χ2n) is 8.00. The molecule has 0 saturated carbocycles. The van der Waals surface area contributed by atoms with E-state index in [4.69, 9.17) is 10.8 Å². The van der Waals surface area contributed by atoms with Gasteiger partial charge in [-0.1, -0.05) is 13.8 Å². The molecule has 0 aliphatic carbocycles. The van der Waals surface area contributed by atoms with Crippen LogP contribution in [0.5, 0.6) is 0 Å². The van der Waals surface area contributed by atoms with E-state index < -0.39 is 60.2 Å². The molecule has 0 spiro atoms. The monoisotopic (exact) mass is 428 g/mol. The molecule has 0 aromatic carbocycles. The zero-order valence-corrected chi connectivity index (χ0v) is 17.6. The first-order valence-corrected chi connectivity index (χ1v) is 10.0. The molecule has 1 heterocycles. The Morgan fingerprint density at radius 2 is 1.70 bits per heavy atom. The Kier molecular flexibility index (Phi) is 9.70. The number of nitrogens with one attached hydrogen (secondary N) is 2. The lowest BCUT2D eigenvalue weighted by atomic mass is 10.0. The number of hydrogen-bond acceptors (Lipinski definition) is 6. The van der Waals surface area contributed by atoms with Gasteiger partial charge in [-0.2, -0.15) is 0 Å². The van der Waals surface area contributed by atoms with E-state index in [1.165, 1.54) is 11.8 Å². The normalized spacial score (nSPS) is 19.1. The zero-order valence-electron chi connectivity index (χ0n) is 17.6. The highest BCUT2D eigenvalue weighted by atomic mass is 16.4. The number of hydrogen-bond donors (Lipinski definition) is 5. The lowest BCUT2D eigenvalue weighted by Gasteiger charge is -2.30. The molecule has 11 nitrogen and oxygen atoms in total. The van der Waals surface area contributed by atoms with Gasteiger partial charge in [-0.15, -0.1) is 0 Å². The van der Waals surface area contributed by atoms with Crippen molar-refractivity contribution in [1.29, 1.82) is 0 Å². The van der Waals surface area contributed by atoms with Crippen molar-refractivity contribution in [3.63, 3.8) is 0 Å². The summed E-state index contributed by atoms with van der Waals surface area (Å²) < 4.78 is 0. The van der Waals surface area contributed by atoms with Crippen molar-refractivity contribution in [3.8, 4) is 0 Å². The minimum absolute atomic E-state index is 0.0922. The van der Waals surface area contributed by atoms with Gasteiger partial charge in [0.2, 0.25) is 17.7 Å². The predicted molar refractivity (Wildman–Crippen MR) is 106 cm³/mol. The molecule has 0 aromatic rings. The van der Waals surface area contributed by atoms with Crippen LogP contribution in [0.3, 0.4) is 0 Å². The van der Waals surface area contributed by atoms with Crippen LogP contribution in [0.15, 0.2) is 0 Å². The summed E-state index contributed by atoms with van der Waals surface area (Å²) in [5.74, 6) is -3.98. The Morgan fingerprint density at radius 1 is 1.07 bits per heavy atom. The van der Waals surface area contributed by atoms with Gasteiger partial charge in [-0.25, -0.2) is 4.79 Å². The number of carboxylic acid groups (broad SMARTS) is 2. The quantitative estimate of drug-likeness (QED) is 0.286. The summed E-state index contributed by atoms with van der Waals surface area (Å²) >= 11 is 0. The molecule has 4 unspecified atom stereocenters. The molecule has 1 saturated heterocycles. The largest absolute Gasteiger partial charge is 0.481 e. The molecule has 0 radical (unpaired) electrons. The maximum atomic E-state index is 13.1. The number of rotatable bonds is 11. The van der Waals surface area contributed by atoms with E-state index >= 15 is 0 Å². The highest BCUT2D eigenvalue weighted by Gasteiger charge is 2.39. The zero-order chi connectivity index (χ0) is 23.0. The molecule has 1 aliphatic rings. The van der Waals surface area contributed by atoms with Crippen LogP contribution >= 0.6 is 0 Å². The number of aliphatic carboxylic acids is 2. The van der Waals surface area contributed by atoms with Gasteiger partial charge in [-0.05, 0) is 38.5 Å². The summed E-state index contributed by atoms with van der Waals surface area (Å²) in [6.45, 7) is 5.59. The molecule has 1 rings (SSSR count). The topological polar surface area (TPSA) is 179 Å². The maximum absolute atomic E-state index is 13.1. The molecule has 170 valence electrons. The summed E-state index contributed by atoms with van der Waals surface area (Å²) in [7, 11) is 0. The summed E-state index contributed by atoms with van der Waals surface area (Å²) in [6, 6.07) is -3.89. The Hall–Kier alpha value is -2.69. The van der Waals surface area contributed by atoms with Crippen LogP contribution in [-0.4, -0.2) is 75.5 Å². The second kappa shape index (κ2) is 11.5. The van der Waals surface area contributed by atoms with E-state index in [0.717, 1.165) is 0 Å². The van der Waals surface area contributed by atoms with Crippen molar-refractivity contribution in [2.24, 2.45) is 11.7 Å². The van der Waals surface area contributed by atoms with E-state index in [-0.39, 0.29) is 12.3 Å². The molecule has 3 amide bonds. The van der Waals surface area contributed by atoms with Crippen molar-refractivity contribution in [3.05, 3.63) is 0 Å². The van der Waals surface area contributed by atoms with Gasteiger partial charge in [-0.3, -0.25) is 19.2 Å². The first kappa shape index (κ1) is 25.3. The Labute approximate surface area is 175 Å². The number of nitrogens with zero attached hydrogens (tertiary/aromatic N) is 1. The molecule has 6 N–H and O–H groups in total. The number of nitrogens with two attached hydrogens (primary N) is 1. The fourth-order valence-electron chi connectivity index (χ4n) is 3.29. The molecular weight excluding hydrogens is 396 g/mol. The van der Waals surface area contributed by atoms with Crippen LogP contribution in [-0.2, 0) is 24.0 Å². The van der Waals surface area contributed by atoms with Crippen LogP contribution in [0, 0.1) is 5.92 Å². The number of amides is 3. The summed E-state index contributed by atoms with van der Waals surface area (Å²) in [4.78, 5) is 61.2. The van der Waals surface area contributed by atoms with E-state index in [2.05, 4.69) is 10.6 Å². The molecule has 0 bridgehead atoms. The number of carboxylic acids is 2. The second-order valence-corrected chi connectivity index (χ2v) is 8.00. The third kappa shape index (κ3) is 7.62. The smallest absolute Gasteiger partial charge is 0.326 e. The maximum Gasteiger partial charge on any atom is 0.326 e. The van der Waals surface area contributed by atoms with Gasteiger partial charge in [0.25, 0.3) is 0 Å². The van der Waals surface area contributed by atoms with Crippen molar-refractivity contribution < 1.29 is 34.2 Å². The highest BCUT2D eigenvalue weighted by Crippen LogP contribution is 2.21. The fourth-order valence-corrected chi connectivity index (χ4v) is 3.29. The Morgan fingerprint density at radius 3 is 2.20 bits per heavy atom. The van der Waals surface area contributed by atoms with Crippen molar-refractivity contribution >= 4 is 29.7 Å². The van der Waals surface area contributed by atoms with Crippen molar-refractivity contribution in [1.82, 2.24) is 15.5 Å². The number of carbonyl (C=O) groups excluding carboxylic acids is 3. The molecule has 4 atom stereocenters. The molecule has 11 heteroatoms. The molecule has 1 aliphatic heterocycles. The highest BCUT2D eigenvalue weighted by molar-refractivity contribution is 5.94. The Balaban J connectivity index is 2.91. The lowest BCUT2D eigenvalue weighted by molar-refractivity contribution is -0.145. The van der Waals surface area contributed by atoms with Crippen LogP contribution in [0.2, 0.25) is 0 Å². The van der Waals surface area contributed by atoms with E-state index in [0.29, 0.717) is 25.8 Å². The first-order chi connectivity index (χ1) is 13.9. The summed E-state index contributed by atoms with van der Waals surface area (Å²) in [5.41, 5.74) is 5.58. The minimum Gasteiger partial charge on any atom is -0.481 e. The van der Waals surface area contributed by atoms with E-state index in [1.807, 2.05) is 13.8 Å². The minimum atomic E-state index is -1.37. The standard InChI is InChI=1S/C19H32N4O7/c1-10(2)9-13(22-16(26)11(3)20)18(28)23-8-4-5-14(23)17(27)21-12(19(29)30)6-7-15(24)25/h10-14H,4-9,20H2,1-3H3,(H,21,27)(H,22,26)(H,24,25)(H,29,30). The van der Waals surface area contributed by atoms with Crippen molar-refractivity contribution in [2.75, 3.05) is 6.54 Å². The van der Waals surface area contributed by atoms with Crippen LogP contribution in [0.25, 0.3) is 0 Å². The van der Waals surface area contributed by atoms with Gasteiger partial charge < -0.3 is 31.5 Å². The van der Waals surface area contributed by atoms with Crippen LogP contribution < -0.4 is 16.4 Å². The molecular formula is C19H32N4O7. The van der Waals surface area contributed by atoms with Gasteiger partial charge in [0.1, 0.15) is 18.1 Å². The lowest BCUT2D eigenvalue weighted by Crippen LogP contribution is -2.56. The summed E-state index contributed by atoms with van der Waals surface area (Å²) in [6.07, 6.45) is 0.575. The average Bonchev–Trinajstić information content (AvgIpc) is 3.12. The van der Waals surface area contributed by atoms with Gasteiger partial charge in [0.15, 0.2) is 0 Å².